The molecule has 0 aromatic carbocycles. The summed E-state index contributed by atoms with van der Waals surface area (Å²) in [6, 6.07) is 3.49. The molecule has 0 unspecified atom stereocenters. The van der Waals surface area contributed by atoms with Crippen molar-refractivity contribution in [3.63, 3.8) is 0 Å². The van der Waals surface area contributed by atoms with Crippen LogP contribution in [0.5, 0.6) is 0 Å². The van der Waals surface area contributed by atoms with Gasteiger partial charge in [-0.3, -0.25) is 4.79 Å². The van der Waals surface area contributed by atoms with Crippen molar-refractivity contribution in [2.24, 2.45) is 5.73 Å². The third-order valence-corrected chi connectivity index (χ3v) is 1.50. The Labute approximate surface area is 86.5 Å². The number of carbonyl (C=O) groups excluding carboxylic acids is 2. The molecule has 5 heteroatoms. The first-order chi connectivity index (χ1) is 7.08. The van der Waals surface area contributed by atoms with Crippen molar-refractivity contribution < 1.29 is 18.7 Å². The Morgan fingerprint density at radius 2 is 2.27 bits per heavy atom. The van der Waals surface area contributed by atoms with Gasteiger partial charge in [-0.25, -0.2) is 4.79 Å². The van der Waals surface area contributed by atoms with Gasteiger partial charge in [-0.1, -0.05) is 0 Å². The number of aryl methyl sites for hydroxylation is 1. The van der Waals surface area contributed by atoms with E-state index in [9.17, 15) is 9.59 Å². The standard InChI is InChI=1S/C10H11NO4/c1-7-2-3-8(15-7)4-5-10(13)14-6-9(11)12/h2-5H,6H2,1H3,(H2,11,12). The maximum absolute atomic E-state index is 11.0. The summed E-state index contributed by atoms with van der Waals surface area (Å²) in [4.78, 5) is 21.3. The SMILES string of the molecule is Cc1ccc(C=CC(=O)OCC(N)=O)o1. The molecule has 0 atom stereocenters. The highest BCUT2D eigenvalue weighted by atomic mass is 16.5. The van der Waals surface area contributed by atoms with Crippen molar-refractivity contribution in [1.29, 1.82) is 0 Å². The number of hydrogen-bond donors (Lipinski definition) is 1. The summed E-state index contributed by atoms with van der Waals surface area (Å²) < 4.78 is 9.66. The van der Waals surface area contributed by atoms with Gasteiger partial charge in [0, 0.05) is 6.08 Å². The Hall–Kier alpha value is -2.04. The van der Waals surface area contributed by atoms with Crippen LogP contribution in [-0.4, -0.2) is 18.5 Å². The van der Waals surface area contributed by atoms with E-state index in [0.717, 1.165) is 5.76 Å². The van der Waals surface area contributed by atoms with Crippen LogP contribution in [-0.2, 0) is 14.3 Å². The number of rotatable bonds is 4. The molecule has 0 fully saturated rings. The summed E-state index contributed by atoms with van der Waals surface area (Å²) in [5.41, 5.74) is 4.79. The lowest BCUT2D eigenvalue weighted by Crippen LogP contribution is -2.19. The van der Waals surface area contributed by atoms with E-state index in [-0.39, 0.29) is 0 Å². The predicted molar refractivity (Wildman–Crippen MR) is 52.6 cm³/mol. The number of ether oxygens (including phenoxy) is 1. The van der Waals surface area contributed by atoms with Crippen molar-refractivity contribution in [2.45, 2.75) is 6.92 Å². The molecule has 80 valence electrons. The molecule has 0 aliphatic carbocycles. The second kappa shape index (κ2) is 4.99. The van der Waals surface area contributed by atoms with E-state index in [1.165, 1.54) is 12.2 Å². The summed E-state index contributed by atoms with van der Waals surface area (Å²) in [7, 11) is 0. The number of hydrogen-bond acceptors (Lipinski definition) is 4. The van der Waals surface area contributed by atoms with Gasteiger partial charge in [0.1, 0.15) is 11.5 Å². The van der Waals surface area contributed by atoms with Crippen LogP contribution in [0, 0.1) is 6.92 Å². The van der Waals surface area contributed by atoms with Gasteiger partial charge in [-0.15, -0.1) is 0 Å². The zero-order chi connectivity index (χ0) is 11.3. The molecule has 0 radical (unpaired) electrons. The normalized spacial score (nSPS) is 10.5. The number of nitrogens with two attached hydrogens (primary N) is 1. The minimum Gasteiger partial charge on any atom is -0.462 e. The minimum atomic E-state index is -0.689. The summed E-state index contributed by atoms with van der Waals surface area (Å²) in [5, 5.41) is 0. The molecule has 0 saturated heterocycles. The molecule has 1 rings (SSSR count). The number of amides is 1. The van der Waals surface area contributed by atoms with E-state index in [2.05, 4.69) is 4.74 Å². The lowest BCUT2D eigenvalue weighted by atomic mass is 10.4. The third kappa shape index (κ3) is 4.12. The number of primary amides is 1. The van der Waals surface area contributed by atoms with Gasteiger partial charge in [0.05, 0.1) is 0 Å². The molecule has 0 aliphatic heterocycles. The highest BCUT2D eigenvalue weighted by Gasteiger charge is 2.00. The monoisotopic (exact) mass is 209 g/mol. The van der Waals surface area contributed by atoms with E-state index < -0.39 is 18.5 Å². The Kier molecular flexibility index (Phi) is 3.68. The van der Waals surface area contributed by atoms with E-state index >= 15 is 0 Å². The van der Waals surface area contributed by atoms with Gasteiger partial charge in [-0.2, -0.15) is 0 Å². The first-order valence-electron chi connectivity index (χ1n) is 4.27. The third-order valence-electron chi connectivity index (χ3n) is 1.50. The quantitative estimate of drug-likeness (QED) is 0.582. The molecule has 0 spiro atoms. The highest BCUT2D eigenvalue weighted by Crippen LogP contribution is 2.07. The molecular weight excluding hydrogens is 198 g/mol. The van der Waals surface area contributed by atoms with Gasteiger partial charge in [0.25, 0.3) is 5.91 Å². The smallest absolute Gasteiger partial charge is 0.331 e. The lowest BCUT2D eigenvalue weighted by Gasteiger charge is -1.95. The number of carbonyl (C=O) groups is 2. The van der Waals surface area contributed by atoms with Gasteiger partial charge in [0.2, 0.25) is 0 Å². The summed E-state index contributed by atoms with van der Waals surface area (Å²) in [5.74, 6) is -0.0304. The van der Waals surface area contributed by atoms with E-state index in [4.69, 9.17) is 10.2 Å². The van der Waals surface area contributed by atoms with Crippen LogP contribution in [0.15, 0.2) is 22.6 Å². The summed E-state index contributed by atoms with van der Waals surface area (Å²) in [6.45, 7) is 1.38. The number of furan rings is 1. The van der Waals surface area contributed by atoms with Crippen molar-refractivity contribution in [1.82, 2.24) is 0 Å². The van der Waals surface area contributed by atoms with Gasteiger partial charge >= 0.3 is 5.97 Å². The first kappa shape index (κ1) is 11.0. The second-order valence-electron chi connectivity index (χ2n) is 2.86. The van der Waals surface area contributed by atoms with Crippen LogP contribution in [0.3, 0.4) is 0 Å². The molecule has 1 heterocycles. The minimum absolute atomic E-state index is 0.416. The Bertz CT molecular complexity index is 392. The van der Waals surface area contributed by atoms with Gasteiger partial charge in [0.15, 0.2) is 6.61 Å². The predicted octanol–water partition coefficient (Wildman–Crippen LogP) is 0.630. The van der Waals surface area contributed by atoms with Gasteiger partial charge < -0.3 is 14.9 Å². The first-order valence-corrected chi connectivity index (χ1v) is 4.27. The van der Waals surface area contributed by atoms with Crippen molar-refractivity contribution in [2.75, 3.05) is 6.61 Å². The van der Waals surface area contributed by atoms with Crippen molar-refractivity contribution in [3.8, 4) is 0 Å². The molecule has 5 nitrogen and oxygen atoms in total. The van der Waals surface area contributed by atoms with E-state index in [0.29, 0.717) is 5.76 Å². The maximum atomic E-state index is 11.0. The highest BCUT2D eigenvalue weighted by molar-refractivity contribution is 5.88. The fraction of sp³-hybridized carbons (Fsp3) is 0.200. The molecule has 0 aliphatic rings. The van der Waals surface area contributed by atoms with E-state index in [1.54, 1.807) is 19.1 Å². The molecular formula is C10H11NO4. The van der Waals surface area contributed by atoms with Crippen molar-refractivity contribution in [3.05, 3.63) is 29.7 Å². The molecule has 15 heavy (non-hydrogen) atoms. The van der Waals surface area contributed by atoms with Crippen LogP contribution >= 0.6 is 0 Å². The zero-order valence-electron chi connectivity index (χ0n) is 8.23. The fourth-order valence-electron chi connectivity index (χ4n) is 0.884. The topological polar surface area (TPSA) is 82.5 Å². The number of esters is 1. The lowest BCUT2D eigenvalue weighted by molar-refractivity contribution is -0.142. The van der Waals surface area contributed by atoms with Crippen LogP contribution in [0.2, 0.25) is 0 Å². The average Bonchev–Trinajstić information content (AvgIpc) is 2.58. The van der Waals surface area contributed by atoms with E-state index in [1.807, 2.05) is 0 Å². The fourth-order valence-corrected chi connectivity index (χ4v) is 0.884. The van der Waals surface area contributed by atoms with Gasteiger partial charge in [-0.05, 0) is 25.1 Å². The zero-order valence-corrected chi connectivity index (χ0v) is 8.23. The second-order valence-corrected chi connectivity index (χ2v) is 2.86. The summed E-state index contributed by atoms with van der Waals surface area (Å²) >= 11 is 0. The maximum Gasteiger partial charge on any atom is 0.331 e. The van der Waals surface area contributed by atoms with Crippen LogP contribution < -0.4 is 5.73 Å². The molecule has 1 aromatic rings. The van der Waals surface area contributed by atoms with Crippen LogP contribution in [0.1, 0.15) is 11.5 Å². The van der Waals surface area contributed by atoms with Crippen molar-refractivity contribution >= 4 is 18.0 Å². The Balaban J connectivity index is 2.44. The molecule has 1 amide bonds. The summed E-state index contributed by atoms with van der Waals surface area (Å²) in [6.07, 6.45) is 2.62. The molecule has 2 N–H and O–H groups in total. The average molecular weight is 209 g/mol. The molecule has 1 aromatic heterocycles. The molecule has 0 saturated carbocycles. The van der Waals surface area contributed by atoms with Crippen LogP contribution in [0.4, 0.5) is 0 Å². The largest absolute Gasteiger partial charge is 0.462 e. The Morgan fingerprint density at radius 1 is 1.53 bits per heavy atom. The molecule has 0 bridgehead atoms. The Morgan fingerprint density at radius 3 is 2.80 bits per heavy atom. The van der Waals surface area contributed by atoms with Crippen LogP contribution in [0.25, 0.3) is 6.08 Å².